The molecule has 5 rings (SSSR count). The monoisotopic (exact) mass is 586 g/mol. The van der Waals surface area contributed by atoms with E-state index < -0.39 is 35.7 Å². The number of carbonyl (C=O) groups is 3. The van der Waals surface area contributed by atoms with Crippen LogP contribution in [0.5, 0.6) is 0 Å². The number of Topliss-reactive ketones (excluding diaryl/α,β-unsaturated/α-hetero) is 1. The van der Waals surface area contributed by atoms with E-state index in [9.17, 15) is 19.5 Å². The molecule has 8 nitrogen and oxygen atoms in total. The molecule has 1 amide bonds. The van der Waals surface area contributed by atoms with Crippen molar-refractivity contribution in [2.24, 2.45) is 13.0 Å². The van der Waals surface area contributed by atoms with Crippen LogP contribution >= 0.6 is 11.6 Å². The van der Waals surface area contributed by atoms with Gasteiger partial charge in [0, 0.05) is 56.6 Å². The Morgan fingerprint density at radius 1 is 1.12 bits per heavy atom. The van der Waals surface area contributed by atoms with Gasteiger partial charge in [-0.25, -0.2) is 8.78 Å². The van der Waals surface area contributed by atoms with E-state index in [1.54, 1.807) is 6.20 Å². The normalized spacial score (nSPS) is 20.5. The summed E-state index contributed by atoms with van der Waals surface area (Å²) in [6.07, 6.45) is 2.84. The van der Waals surface area contributed by atoms with Crippen molar-refractivity contribution in [1.82, 2.24) is 14.4 Å². The molecule has 2 aromatic carbocycles. The van der Waals surface area contributed by atoms with Crippen LogP contribution in [0.3, 0.4) is 0 Å². The Bertz CT molecular complexity index is 1490. The first-order valence-corrected chi connectivity index (χ1v) is 14.2. The maximum Gasteiger partial charge on any atom is 0.306 e. The molecule has 2 aliphatic rings. The Morgan fingerprint density at radius 3 is 2.59 bits per heavy atom. The number of rotatable bonds is 9. The number of carboxylic acid groups (broad SMARTS) is 1. The molecule has 3 heterocycles. The zero-order chi connectivity index (χ0) is 29.3. The molecule has 1 aromatic heterocycles. The number of hydrogen-bond donors (Lipinski definition) is 2. The Kier molecular flexibility index (Phi) is 8.45. The van der Waals surface area contributed by atoms with Crippen molar-refractivity contribution in [3.8, 4) is 0 Å². The molecule has 11 heteroatoms. The van der Waals surface area contributed by atoms with Gasteiger partial charge in [-0.1, -0.05) is 29.8 Å². The van der Waals surface area contributed by atoms with Crippen molar-refractivity contribution in [3.05, 3.63) is 64.6 Å². The molecule has 41 heavy (non-hydrogen) atoms. The molecule has 2 saturated heterocycles. The van der Waals surface area contributed by atoms with E-state index >= 15 is 8.78 Å². The summed E-state index contributed by atoms with van der Waals surface area (Å²) >= 11 is 6.38. The number of likely N-dealkylation sites (tertiary alicyclic amines) is 2. The summed E-state index contributed by atoms with van der Waals surface area (Å²) in [5.41, 5.74) is 1.30. The smallest absolute Gasteiger partial charge is 0.306 e. The molecule has 2 fully saturated rings. The molecule has 2 aliphatic heterocycles. The number of anilines is 1. The minimum atomic E-state index is -2.21. The number of carboxylic acids is 1. The van der Waals surface area contributed by atoms with Gasteiger partial charge in [0.25, 0.3) is 5.91 Å². The zero-order valence-electron chi connectivity index (χ0n) is 22.8. The zero-order valence-corrected chi connectivity index (χ0v) is 23.6. The standard InChI is InChI=1S/C30H33ClF2N4O4/c1-35-18-22(21-5-2-3-6-26(21)35)28(39)34-25-17-24(32)20(15-23(25)31)16-27(38)30(33)9-4-10-37(30)14-13-36-11-7-19(8-12-36)29(40)41/h2-3,5-6,15,17-19H,4,7-14,16H2,1H3,(H,34,39)(H,40,41). The number of nitrogens with zero attached hydrogens (tertiary/aromatic N) is 3. The number of halogens is 3. The number of ketones is 1. The molecule has 3 aromatic rings. The van der Waals surface area contributed by atoms with E-state index in [0.29, 0.717) is 57.5 Å². The van der Waals surface area contributed by atoms with Gasteiger partial charge >= 0.3 is 5.97 Å². The van der Waals surface area contributed by atoms with Crippen LogP contribution in [0, 0.1) is 11.7 Å². The lowest BCUT2D eigenvalue weighted by atomic mass is 9.97. The minimum absolute atomic E-state index is 0.0292. The number of nitrogens with one attached hydrogen (secondary N) is 1. The molecule has 0 aliphatic carbocycles. The van der Waals surface area contributed by atoms with Crippen LogP contribution in [0.1, 0.15) is 41.6 Å². The second-order valence-electron chi connectivity index (χ2n) is 11.0. The summed E-state index contributed by atoms with van der Waals surface area (Å²) in [5.74, 6) is -5.29. The van der Waals surface area contributed by atoms with Crippen LogP contribution in [0.25, 0.3) is 10.9 Å². The Balaban J connectivity index is 1.23. The third-order valence-electron chi connectivity index (χ3n) is 8.36. The number of aromatic nitrogens is 1. The number of aliphatic carboxylic acids is 1. The Labute approximate surface area is 241 Å². The average molecular weight is 587 g/mol. The highest BCUT2D eigenvalue weighted by molar-refractivity contribution is 6.34. The number of benzene rings is 2. The van der Waals surface area contributed by atoms with Gasteiger partial charge in [-0.3, -0.25) is 19.3 Å². The Morgan fingerprint density at radius 2 is 1.85 bits per heavy atom. The SMILES string of the molecule is Cn1cc(C(=O)Nc2cc(F)c(CC(=O)C3(F)CCCN3CCN3CCC(C(=O)O)CC3)cc2Cl)c2ccccc21. The number of hydrogen-bond acceptors (Lipinski definition) is 5. The summed E-state index contributed by atoms with van der Waals surface area (Å²) in [5, 5.41) is 12.6. The summed E-state index contributed by atoms with van der Waals surface area (Å²) in [6.45, 7) is 2.49. The lowest BCUT2D eigenvalue weighted by Gasteiger charge is -2.34. The number of aryl methyl sites for hydroxylation is 1. The lowest BCUT2D eigenvalue weighted by Crippen LogP contribution is -2.50. The highest BCUT2D eigenvalue weighted by Gasteiger charge is 2.47. The van der Waals surface area contributed by atoms with E-state index in [1.165, 1.54) is 11.0 Å². The van der Waals surface area contributed by atoms with Gasteiger partial charge in [0.15, 0.2) is 5.78 Å². The third kappa shape index (κ3) is 6.00. The first kappa shape index (κ1) is 29.2. The molecule has 218 valence electrons. The third-order valence-corrected chi connectivity index (χ3v) is 8.68. The summed E-state index contributed by atoms with van der Waals surface area (Å²) in [7, 11) is 1.82. The number of amides is 1. The van der Waals surface area contributed by atoms with Crippen LogP contribution in [0.2, 0.25) is 5.02 Å². The van der Waals surface area contributed by atoms with Crippen LogP contribution in [-0.4, -0.2) is 75.6 Å². The quantitative estimate of drug-likeness (QED) is 0.347. The summed E-state index contributed by atoms with van der Waals surface area (Å²) < 4.78 is 33.0. The molecule has 0 spiro atoms. The van der Waals surface area contributed by atoms with E-state index in [2.05, 4.69) is 10.2 Å². The largest absolute Gasteiger partial charge is 0.481 e. The maximum absolute atomic E-state index is 16.0. The Hall–Kier alpha value is -3.34. The minimum Gasteiger partial charge on any atom is -0.481 e. The van der Waals surface area contributed by atoms with Crippen LogP contribution in [-0.2, 0) is 23.1 Å². The van der Waals surface area contributed by atoms with Gasteiger partial charge in [0.2, 0.25) is 5.79 Å². The van der Waals surface area contributed by atoms with Crippen molar-refractivity contribution in [3.63, 3.8) is 0 Å². The van der Waals surface area contributed by atoms with Crippen LogP contribution < -0.4 is 5.32 Å². The predicted octanol–water partition coefficient (Wildman–Crippen LogP) is 4.89. The number of para-hydroxylation sites is 1. The van der Waals surface area contributed by atoms with Gasteiger partial charge in [0.1, 0.15) is 5.82 Å². The first-order valence-electron chi connectivity index (χ1n) is 13.8. The second kappa shape index (κ2) is 11.9. The van der Waals surface area contributed by atoms with E-state index in [4.69, 9.17) is 11.6 Å². The van der Waals surface area contributed by atoms with Crippen molar-refractivity contribution >= 4 is 45.9 Å². The summed E-state index contributed by atoms with van der Waals surface area (Å²) in [6, 6.07) is 9.73. The number of piperidine rings is 1. The van der Waals surface area contributed by atoms with Crippen LogP contribution in [0.15, 0.2) is 42.6 Å². The molecular formula is C30H33ClF2N4O4. The predicted molar refractivity (Wildman–Crippen MR) is 152 cm³/mol. The van der Waals surface area contributed by atoms with E-state index in [1.807, 2.05) is 35.9 Å². The first-order chi connectivity index (χ1) is 19.6. The van der Waals surface area contributed by atoms with Gasteiger partial charge in [-0.15, -0.1) is 0 Å². The number of carbonyl (C=O) groups excluding carboxylic acids is 2. The molecule has 0 bridgehead atoms. The van der Waals surface area contributed by atoms with E-state index in [-0.39, 0.29) is 28.6 Å². The van der Waals surface area contributed by atoms with Gasteiger partial charge < -0.3 is 19.9 Å². The van der Waals surface area contributed by atoms with Gasteiger partial charge in [-0.05, 0) is 56.1 Å². The van der Waals surface area contributed by atoms with Crippen molar-refractivity contribution in [1.29, 1.82) is 0 Å². The molecule has 1 unspecified atom stereocenters. The fourth-order valence-corrected chi connectivity index (χ4v) is 6.18. The van der Waals surface area contributed by atoms with Gasteiger partial charge in [-0.2, -0.15) is 0 Å². The molecule has 2 N–H and O–H groups in total. The molecule has 0 radical (unpaired) electrons. The topological polar surface area (TPSA) is 94.9 Å². The fourth-order valence-electron chi connectivity index (χ4n) is 5.95. The number of alkyl halides is 1. The van der Waals surface area contributed by atoms with E-state index in [0.717, 1.165) is 17.0 Å². The molecular weight excluding hydrogens is 554 g/mol. The molecule has 0 saturated carbocycles. The van der Waals surface area contributed by atoms with Crippen molar-refractivity contribution < 1.29 is 28.3 Å². The van der Waals surface area contributed by atoms with Crippen molar-refractivity contribution in [2.45, 2.75) is 37.9 Å². The fraction of sp³-hybridized carbons (Fsp3) is 0.433. The number of fused-ring (bicyclic) bond motifs is 1. The average Bonchev–Trinajstić information content (AvgIpc) is 3.50. The highest BCUT2D eigenvalue weighted by Crippen LogP contribution is 2.34. The highest BCUT2D eigenvalue weighted by atomic mass is 35.5. The second-order valence-corrected chi connectivity index (χ2v) is 11.4. The van der Waals surface area contributed by atoms with Crippen LogP contribution in [0.4, 0.5) is 14.5 Å². The van der Waals surface area contributed by atoms with Crippen molar-refractivity contribution in [2.75, 3.05) is 38.0 Å². The van der Waals surface area contributed by atoms with Gasteiger partial charge in [0.05, 0.1) is 22.2 Å². The lowest BCUT2D eigenvalue weighted by molar-refractivity contribution is -0.144. The maximum atomic E-state index is 16.0. The molecule has 1 atom stereocenters. The summed E-state index contributed by atoms with van der Waals surface area (Å²) in [4.78, 5) is 41.0.